The first-order valence-corrected chi connectivity index (χ1v) is 12.4. The van der Waals surface area contributed by atoms with Crippen LogP contribution in [0.3, 0.4) is 0 Å². The number of likely N-dealkylation sites (N-methyl/N-ethyl adjacent to an activating group) is 1. The minimum atomic E-state index is -4.64. The van der Waals surface area contributed by atoms with Gasteiger partial charge >= 0.3 is 6.18 Å². The summed E-state index contributed by atoms with van der Waals surface area (Å²) in [6.07, 6.45) is 2.02. The van der Waals surface area contributed by atoms with Crippen molar-refractivity contribution in [3.05, 3.63) is 59.4 Å². The summed E-state index contributed by atoms with van der Waals surface area (Å²) < 4.78 is 44.3. The van der Waals surface area contributed by atoms with Gasteiger partial charge in [-0.05, 0) is 58.5 Å². The molecule has 0 spiro atoms. The van der Waals surface area contributed by atoms with Crippen LogP contribution >= 0.6 is 0 Å². The first-order chi connectivity index (χ1) is 18.0. The van der Waals surface area contributed by atoms with Crippen LogP contribution in [0.25, 0.3) is 22.4 Å². The molecule has 1 aliphatic heterocycles. The smallest absolute Gasteiger partial charge is 0.366 e. The van der Waals surface area contributed by atoms with Crippen LogP contribution in [0.15, 0.2) is 42.6 Å². The maximum absolute atomic E-state index is 14.2. The average Bonchev–Trinajstić information content (AvgIpc) is 3.04. The number of aryl methyl sites for hydroxylation is 1. The molecule has 1 atom stereocenters. The largest absolute Gasteiger partial charge is 0.418 e. The molecule has 11 heteroatoms. The molecule has 0 bridgehead atoms. The average molecular weight is 529 g/mol. The third-order valence-corrected chi connectivity index (χ3v) is 6.70. The highest BCUT2D eigenvalue weighted by molar-refractivity contribution is 6.00. The van der Waals surface area contributed by atoms with Crippen molar-refractivity contribution >= 4 is 22.8 Å². The number of nitrogens with two attached hydrogens (primary N) is 1. The zero-order valence-corrected chi connectivity index (χ0v) is 21.6. The minimum Gasteiger partial charge on any atom is -0.366 e. The summed E-state index contributed by atoms with van der Waals surface area (Å²) in [6, 6.07) is 4.78. The highest BCUT2D eigenvalue weighted by Gasteiger charge is 2.37. The molecule has 4 rings (SSSR count). The van der Waals surface area contributed by atoms with E-state index in [1.807, 2.05) is 19.0 Å². The number of pyridine rings is 1. The Morgan fingerprint density at radius 3 is 2.66 bits per heavy atom. The third-order valence-electron chi connectivity index (χ3n) is 6.70. The number of alkyl halides is 3. The molecule has 1 aliphatic rings. The number of para-hydroxylation sites is 1. The van der Waals surface area contributed by atoms with Gasteiger partial charge in [0, 0.05) is 37.6 Å². The molecular formula is C27H31F3N6O2. The van der Waals surface area contributed by atoms with Gasteiger partial charge in [-0.1, -0.05) is 12.1 Å². The fraction of sp³-hybridized carbons (Fsp3) is 0.407. The number of likely N-dealkylation sites (tertiary alicyclic amines) is 1. The molecule has 202 valence electrons. The summed E-state index contributed by atoms with van der Waals surface area (Å²) in [6.45, 7) is 2.94. The van der Waals surface area contributed by atoms with Crippen LogP contribution in [0.5, 0.6) is 0 Å². The van der Waals surface area contributed by atoms with Gasteiger partial charge in [0.2, 0.25) is 11.8 Å². The van der Waals surface area contributed by atoms with E-state index in [2.05, 4.69) is 9.97 Å². The van der Waals surface area contributed by atoms with Gasteiger partial charge in [0.15, 0.2) is 0 Å². The second-order valence-corrected chi connectivity index (χ2v) is 9.76. The van der Waals surface area contributed by atoms with Gasteiger partial charge in [0.1, 0.15) is 5.82 Å². The van der Waals surface area contributed by atoms with Crippen LogP contribution in [0.4, 0.5) is 13.2 Å². The summed E-state index contributed by atoms with van der Waals surface area (Å²) in [5.41, 5.74) is 5.70. The van der Waals surface area contributed by atoms with E-state index < -0.39 is 23.7 Å². The zero-order valence-electron chi connectivity index (χ0n) is 21.6. The molecule has 0 aliphatic carbocycles. The lowest BCUT2D eigenvalue weighted by atomic mass is 10.0. The van der Waals surface area contributed by atoms with E-state index >= 15 is 0 Å². The predicted molar refractivity (Wildman–Crippen MR) is 138 cm³/mol. The second kappa shape index (κ2) is 10.9. The number of rotatable bonds is 6. The van der Waals surface area contributed by atoms with Crippen LogP contribution < -0.4 is 5.73 Å². The van der Waals surface area contributed by atoms with E-state index in [-0.39, 0.29) is 40.4 Å². The Morgan fingerprint density at radius 2 is 1.97 bits per heavy atom. The molecule has 8 nitrogen and oxygen atoms in total. The number of fused-ring (bicyclic) bond motifs is 1. The summed E-state index contributed by atoms with van der Waals surface area (Å²) in [5.74, 6) is -0.751. The first kappa shape index (κ1) is 27.3. The maximum Gasteiger partial charge on any atom is 0.418 e. The van der Waals surface area contributed by atoms with Gasteiger partial charge in [-0.15, -0.1) is 0 Å². The fourth-order valence-corrected chi connectivity index (χ4v) is 4.96. The molecule has 1 saturated heterocycles. The Labute approximate surface area is 218 Å². The molecule has 1 aromatic carbocycles. The van der Waals surface area contributed by atoms with Gasteiger partial charge in [-0.25, -0.2) is 4.98 Å². The number of carbonyl (C=O) groups excluding carboxylic acids is 2. The fourth-order valence-electron chi connectivity index (χ4n) is 4.96. The molecule has 3 aromatic rings. The topological polar surface area (TPSA) is 97.4 Å². The van der Waals surface area contributed by atoms with Gasteiger partial charge < -0.3 is 20.1 Å². The third kappa shape index (κ3) is 5.57. The molecule has 0 radical (unpaired) electrons. The van der Waals surface area contributed by atoms with Gasteiger partial charge in [0.25, 0.3) is 0 Å². The lowest BCUT2D eigenvalue weighted by molar-refractivity contribution is -0.136. The van der Waals surface area contributed by atoms with Crippen molar-refractivity contribution in [1.29, 1.82) is 0 Å². The Hall–Kier alpha value is -3.73. The number of imidazole rings is 1. The number of nitrogens with zero attached hydrogens (tertiary/aromatic N) is 5. The van der Waals surface area contributed by atoms with Crippen molar-refractivity contribution in [3.63, 3.8) is 0 Å². The van der Waals surface area contributed by atoms with Crippen molar-refractivity contribution in [1.82, 2.24) is 24.3 Å². The maximum atomic E-state index is 14.2. The minimum absolute atomic E-state index is 0.0869. The standard InChI is InChI=1S/C27H31F3N6O2/c1-17-23(19(25(31)38)12-13-32-17)26-33-21-10-6-9-20(27(28,29)30)24(21)36(26)18-8-4-5-15-35(16-18)22(37)11-7-14-34(2)3/h6-7,9-13,18H,4-5,8,14-16H2,1-3H3,(H2,31,38). The van der Waals surface area contributed by atoms with E-state index in [0.717, 1.165) is 12.5 Å². The van der Waals surface area contributed by atoms with Crippen molar-refractivity contribution in [2.24, 2.45) is 5.73 Å². The summed E-state index contributed by atoms with van der Waals surface area (Å²) >= 11 is 0. The molecule has 2 N–H and O–H groups in total. The molecule has 2 amide bonds. The van der Waals surface area contributed by atoms with Crippen LogP contribution in [0.1, 0.15) is 46.9 Å². The Kier molecular flexibility index (Phi) is 7.86. The van der Waals surface area contributed by atoms with E-state index in [1.54, 1.807) is 22.5 Å². The molecule has 0 saturated carbocycles. The molecule has 38 heavy (non-hydrogen) atoms. The van der Waals surface area contributed by atoms with E-state index in [4.69, 9.17) is 5.73 Å². The zero-order chi connectivity index (χ0) is 27.6. The van der Waals surface area contributed by atoms with Crippen molar-refractivity contribution in [2.45, 2.75) is 38.4 Å². The molecule has 3 heterocycles. The van der Waals surface area contributed by atoms with Crippen molar-refractivity contribution < 1.29 is 22.8 Å². The van der Waals surface area contributed by atoms with E-state index in [9.17, 15) is 22.8 Å². The SMILES string of the molecule is Cc1nccc(C(N)=O)c1-c1nc2cccc(C(F)(F)F)c2n1C1CCCCN(C(=O)C=CCN(C)C)C1. The molecule has 1 fully saturated rings. The van der Waals surface area contributed by atoms with E-state index in [0.29, 0.717) is 31.6 Å². The quantitative estimate of drug-likeness (QED) is 0.484. The number of aromatic nitrogens is 3. The number of benzene rings is 1. The monoisotopic (exact) mass is 528 g/mol. The Bertz CT molecular complexity index is 1380. The lowest BCUT2D eigenvalue weighted by Gasteiger charge is -2.27. The van der Waals surface area contributed by atoms with Gasteiger partial charge in [-0.2, -0.15) is 13.2 Å². The summed E-state index contributed by atoms with van der Waals surface area (Å²) in [5, 5.41) is 0. The van der Waals surface area contributed by atoms with Gasteiger partial charge in [-0.3, -0.25) is 14.6 Å². The van der Waals surface area contributed by atoms with Crippen LogP contribution in [0, 0.1) is 6.92 Å². The van der Waals surface area contributed by atoms with Crippen LogP contribution in [-0.2, 0) is 11.0 Å². The van der Waals surface area contributed by atoms with Gasteiger partial charge in [0.05, 0.1) is 33.8 Å². The molecule has 1 unspecified atom stereocenters. The highest BCUT2D eigenvalue weighted by atomic mass is 19.4. The van der Waals surface area contributed by atoms with E-state index in [1.165, 1.54) is 30.5 Å². The second-order valence-electron chi connectivity index (χ2n) is 9.76. The Balaban J connectivity index is 1.92. The summed E-state index contributed by atoms with van der Waals surface area (Å²) in [4.78, 5) is 37.8. The Morgan fingerprint density at radius 1 is 1.21 bits per heavy atom. The number of amides is 2. The highest BCUT2D eigenvalue weighted by Crippen LogP contribution is 2.40. The predicted octanol–water partition coefficient (Wildman–Crippen LogP) is 4.20. The number of primary amides is 1. The van der Waals surface area contributed by atoms with Crippen LogP contribution in [-0.4, -0.2) is 69.9 Å². The molecule has 2 aromatic heterocycles. The summed E-state index contributed by atoms with van der Waals surface area (Å²) in [7, 11) is 3.78. The number of carbonyl (C=O) groups is 2. The first-order valence-electron chi connectivity index (χ1n) is 12.4. The van der Waals surface area contributed by atoms with Crippen molar-refractivity contribution in [2.75, 3.05) is 33.7 Å². The van der Waals surface area contributed by atoms with Crippen LogP contribution in [0.2, 0.25) is 0 Å². The number of hydrogen-bond donors (Lipinski definition) is 1. The molecular weight excluding hydrogens is 497 g/mol. The number of halogens is 3. The normalized spacial score (nSPS) is 16.9. The number of hydrogen-bond acceptors (Lipinski definition) is 5. The van der Waals surface area contributed by atoms with Crippen molar-refractivity contribution in [3.8, 4) is 11.4 Å². The lowest BCUT2D eigenvalue weighted by Crippen LogP contribution is -2.34.